The third-order valence-electron chi connectivity index (χ3n) is 28.0. The zero-order chi connectivity index (χ0) is 87.5. The van der Waals surface area contributed by atoms with Crippen LogP contribution < -0.4 is 0 Å². The summed E-state index contributed by atoms with van der Waals surface area (Å²) in [7, 11) is 0. The number of hydrogen-bond donors (Lipinski definition) is 0. The van der Waals surface area contributed by atoms with E-state index in [0.717, 1.165) is 150 Å². The topological polar surface area (TPSA) is 84.4 Å². The Morgan fingerprint density at radius 1 is 0.172 bits per heavy atom. The standard InChI is InChI=1S/C62H36N4O.C62H36N4S/c1-3-15-39-33-56-49(30-37(39)13-1)46-19-7-11-23-54(46)65(56)44-26-27-47-50-31-38-14-2-4-16-40(38)34-57(50)66(58(47)36-44)55-35-43(29-41-17-5-6-18-45(41)55)62-61(63-52-21-9-10-22-53(52)64-62)42-25-28-60-51(32-42)48-20-8-12-24-59(48)67-60;1-3-14-39-34-56-49(31-37(39)12-1)46-17-5-9-21-55(46)65(56)44-26-28-47-50-32-38-13-2-4-15-40(38)35-57(50)66(58(47)36-44)54-22-11-16-41-30-42(24-27-45(41)54)61-62(64-53-20-8-7-19-52(53)63-61)43-25-29-60-51(33-43)48-18-6-10-23-59(48)67-60/h2*1-36H. The van der Waals surface area contributed by atoms with Crippen molar-refractivity contribution in [1.29, 1.82) is 0 Å². The van der Waals surface area contributed by atoms with E-state index in [0.29, 0.717) is 0 Å². The van der Waals surface area contributed by atoms with E-state index in [-0.39, 0.29) is 0 Å². The molecule has 10 heteroatoms. The van der Waals surface area contributed by atoms with Crippen LogP contribution in [0.5, 0.6) is 0 Å². The molecule has 9 nitrogen and oxygen atoms in total. The average Bonchev–Trinajstić information content (AvgIpc) is 1.55. The maximum atomic E-state index is 6.28. The van der Waals surface area contributed by atoms with Crippen molar-refractivity contribution in [1.82, 2.24) is 38.2 Å². The molecular formula is C124H72N8OS. The fourth-order valence-electron chi connectivity index (χ4n) is 21.8. The highest BCUT2D eigenvalue weighted by Gasteiger charge is 2.27. The Morgan fingerprint density at radius 3 is 1.03 bits per heavy atom. The first-order valence-electron chi connectivity index (χ1n) is 45.6. The number of furan rings is 1. The Balaban J connectivity index is 0.000000131. The summed E-state index contributed by atoms with van der Waals surface area (Å²) in [5, 5.41) is 28.8. The van der Waals surface area contributed by atoms with Crippen LogP contribution in [0.25, 0.3) is 284 Å². The van der Waals surface area contributed by atoms with Crippen molar-refractivity contribution in [3.8, 4) is 67.8 Å². The smallest absolute Gasteiger partial charge is 0.135 e. The Labute approximate surface area is 769 Å². The van der Waals surface area contributed by atoms with E-state index in [9.17, 15) is 0 Å². The molecule has 0 aliphatic rings. The van der Waals surface area contributed by atoms with Crippen molar-refractivity contribution in [3.05, 3.63) is 437 Å². The van der Waals surface area contributed by atoms with Crippen molar-refractivity contribution in [3.63, 3.8) is 0 Å². The van der Waals surface area contributed by atoms with E-state index in [1.807, 2.05) is 53.8 Å². The lowest BCUT2D eigenvalue weighted by Crippen LogP contribution is -2.00. The van der Waals surface area contributed by atoms with Crippen LogP contribution in [0.1, 0.15) is 0 Å². The van der Waals surface area contributed by atoms with E-state index in [2.05, 4.69) is 413 Å². The van der Waals surface area contributed by atoms with E-state index in [4.69, 9.17) is 24.4 Å². The highest BCUT2D eigenvalue weighted by atomic mass is 32.1. The lowest BCUT2D eigenvalue weighted by Gasteiger charge is -2.17. The van der Waals surface area contributed by atoms with E-state index < -0.39 is 0 Å². The minimum Gasteiger partial charge on any atom is -0.456 e. The number of aromatic nitrogens is 8. The molecule has 0 amide bonds. The molecule has 0 saturated heterocycles. The van der Waals surface area contributed by atoms with Gasteiger partial charge in [0.15, 0.2) is 0 Å². The number of fused-ring (bicyclic) bond motifs is 26. The first-order chi connectivity index (χ1) is 66.4. The SMILES string of the molecule is c1ccc2cc3c(cc2c1)c1ccccc1n3-c1ccc2c3cc4ccccc4cc3n(-c3cc(-c4nc5ccccc5nc4-c4ccc5oc6ccccc6c5c4)cc4ccccc34)c2c1.c1ccc2cc3c(cc2c1)c1ccccc1n3-c1ccc2c3cc4ccccc4cc3n(-c3cccc4cc(-c5nc6ccccc6nc5-c5ccc6sc7ccccc7c6c5)ccc34)c2c1. The fourth-order valence-corrected chi connectivity index (χ4v) is 22.9. The first-order valence-corrected chi connectivity index (χ1v) is 46.4. The zero-order valence-electron chi connectivity index (χ0n) is 72.0. The number of benzene rings is 22. The van der Waals surface area contributed by atoms with Gasteiger partial charge in [-0.25, -0.2) is 19.9 Å². The number of hydrogen-bond acceptors (Lipinski definition) is 6. The first kappa shape index (κ1) is 74.3. The van der Waals surface area contributed by atoms with Gasteiger partial charge in [0.1, 0.15) is 11.2 Å². The second-order valence-corrected chi connectivity index (χ2v) is 36.6. The molecule has 30 aromatic rings. The van der Waals surface area contributed by atoms with Gasteiger partial charge in [-0.2, -0.15) is 0 Å². The van der Waals surface area contributed by atoms with Gasteiger partial charge in [-0.1, -0.05) is 261 Å². The lowest BCUT2D eigenvalue weighted by molar-refractivity contribution is 0.669. The quantitative estimate of drug-likeness (QED) is 0.151. The Hall–Kier alpha value is -17.7. The van der Waals surface area contributed by atoms with Crippen LogP contribution in [0.3, 0.4) is 0 Å². The maximum absolute atomic E-state index is 6.28. The third kappa shape index (κ3) is 11.4. The fraction of sp³-hybridized carbons (Fsp3) is 0. The number of rotatable bonds is 8. The summed E-state index contributed by atoms with van der Waals surface area (Å²) in [4.78, 5) is 21.6. The summed E-state index contributed by atoms with van der Waals surface area (Å²) in [5.74, 6) is 0. The normalized spacial score (nSPS) is 12.2. The molecule has 134 heavy (non-hydrogen) atoms. The summed E-state index contributed by atoms with van der Waals surface area (Å²) in [6.07, 6.45) is 0. The number of nitrogens with zero attached hydrogens (tertiary/aromatic N) is 8. The van der Waals surface area contributed by atoms with E-state index >= 15 is 0 Å². The van der Waals surface area contributed by atoms with Gasteiger partial charge in [0.05, 0.1) is 100 Å². The Bertz CT molecular complexity index is 10300. The van der Waals surface area contributed by atoms with Crippen LogP contribution in [0.4, 0.5) is 0 Å². The van der Waals surface area contributed by atoms with Crippen LogP contribution in [-0.4, -0.2) is 38.2 Å². The lowest BCUT2D eigenvalue weighted by atomic mass is 9.98. The van der Waals surface area contributed by atoms with Crippen molar-refractivity contribution < 1.29 is 4.42 Å². The monoisotopic (exact) mass is 1720 g/mol. The minimum absolute atomic E-state index is 0.821. The molecule has 0 unspecified atom stereocenters. The van der Waals surface area contributed by atoms with Gasteiger partial charge >= 0.3 is 0 Å². The minimum atomic E-state index is 0.821. The van der Waals surface area contributed by atoms with Crippen molar-refractivity contribution in [2.75, 3.05) is 0 Å². The van der Waals surface area contributed by atoms with Gasteiger partial charge in [0, 0.05) is 118 Å². The highest BCUT2D eigenvalue weighted by molar-refractivity contribution is 7.25. The van der Waals surface area contributed by atoms with Crippen LogP contribution in [0.15, 0.2) is 441 Å². The van der Waals surface area contributed by atoms with Crippen LogP contribution in [0.2, 0.25) is 0 Å². The predicted octanol–water partition coefficient (Wildman–Crippen LogP) is 33.5. The molecule has 22 aromatic carbocycles. The van der Waals surface area contributed by atoms with Gasteiger partial charge in [-0.05, 0) is 230 Å². The molecule has 0 aliphatic carbocycles. The number of thiophene rings is 1. The van der Waals surface area contributed by atoms with Crippen molar-refractivity contribution in [2.24, 2.45) is 0 Å². The molecule has 0 atom stereocenters. The third-order valence-corrected chi connectivity index (χ3v) is 29.2. The largest absolute Gasteiger partial charge is 0.456 e. The van der Waals surface area contributed by atoms with Crippen molar-refractivity contribution in [2.45, 2.75) is 0 Å². The molecule has 620 valence electrons. The van der Waals surface area contributed by atoms with Gasteiger partial charge in [0.2, 0.25) is 0 Å². The van der Waals surface area contributed by atoms with Crippen LogP contribution in [-0.2, 0) is 0 Å². The molecule has 30 rings (SSSR count). The maximum Gasteiger partial charge on any atom is 0.135 e. The second kappa shape index (κ2) is 28.9. The number of para-hydroxylation sites is 7. The molecule has 0 N–H and O–H groups in total. The Kier molecular flexibility index (Phi) is 16.0. The van der Waals surface area contributed by atoms with Gasteiger partial charge in [-0.3, -0.25) is 0 Å². The molecule has 0 spiro atoms. The molecular weight excluding hydrogens is 1650 g/mol. The summed E-state index contributed by atoms with van der Waals surface area (Å²) < 4.78 is 18.7. The molecule has 0 saturated carbocycles. The zero-order valence-corrected chi connectivity index (χ0v) is 72.8. The average molecular weight is 1720 g/mol. The summed E-state index contributed by atoms with van der Waals surface area (Å²) >= 11 is 1.83. The van der Waals surface area contributed by atoms with Crippen LogP contribution in [0, 0.1) is 0 Å². The molecule has 0 bridgehead atoms. The second-order valence-electron chi connectivity index (χ2n) is 35.5. The summed E-state index contributed by atoms with van der Waals surface area (Å²) in [6.45, 7) is 0. The predicted molar refractivity (Wildman–Crippen MR) is 563 cm³/mol. The molecule has 0 fully saturated rings. The molecule has 0 radical (unpaired) electrons. The van der Waals surface area contributed by atoms with Gasteiger partial charge in [-0.15, -0.1) is 11.3 Å². The summed E-state index contributed by atoms with van der Waals surface area (Å²) in [6, 6.07) is 159. The molecule has 0 aliphatic heterocycles. The van der Waals surface area contributed by atoms with Gasteiger partial charge < -0.3 is 22.7 Å². The molecule has 8 heterocycles. The van der Waals surface area contributed by atoms with E-state index in [1.54, 1.807) is 0 Å². The molecule has 8 aromatic heterocycles. The highest BCUT2D eigenvalue weighted by Crippen LogP contribution is 2.48. The van der Waals surface area contributed by atoms with E-state index in [1.165, 1.54) is 134 Å². The van der Waals surface area contributed by atoms with Crippen LogP contribution >= 0.6 is 11.3 Å². The van der Waals surface area contributed by atoms with Gasteiger partial charge in [0.25, 0.3) is 0 Å². The summed E-state index contributed by atoms with van der Waals surface area (Å²) in [5.41, 5.74) is 26.4. The van der Waals surface area contributed by atoms with Crippen molar-refractivity contribution >= 4 is 227 Å². The Morgan fingerprint density at radius 2 is 0.507 bits per heavy atom.